The average Bonchev–Trinajstić information content (AvgIpc) is 3.30. The zero-order chi connectivity index (χ0) is 20.0. The number of aryl methyl sites for hydroxylation is 7. The second-order valence-electron chi connectivity index (χ2n) is 7.53. The fraction of sp³-hybridized carbons (Fsp3) is 0.381. The summed E-state index contributed by atoms with van der Waals surface area (Å²) in [6.45, 7) is 7.93. The second kappa shape index (κ2) is 6.82. The van der Waals surface area contributed by atoms with E-state index in [1.54, 1.807) is 9.13 Å². The van der Waals surface area contributed by atoms with E-state index in [9.17, 15) is 4.79 Å². The summed E-state index contributed by atoms with van der Waals surface area (Å²) >= 11 is 0. The molecule has 0 bridgehead atoms. The van der Waals surface area contributed by atoms with E-state index in [0.717, 1.165) is 53.1 Å². The van der Waals surface area contributed by atoms with E-state index in [4.69, 9.17) is 0 Å². The molecule has 0 atom stereocenters. The van der Waals surface area contributed by atoms with Crippen molar-refractivity contribution < 1.29 is 0 Å². The van der Waals surface area contributed by atoms with Crippen LogP contribution in [0.15, 0.2) is 35.5 Å². The summed E-state index contributed by atoms with van der Waals surface area (Å²) < 4.78 is 7.63. The van der Waals surface area contributed by atoms with Crippen LogP contribution in [0.25, 0.3) is 22.3 Å². The van der Waals surface area contributed by atoms with Crippen LogP contribution < -0.4 is 5.69 Å². The number of imidazole rings is 2. The molecular formula is C21H26N6O. The minimum absolute atomic E-state index is 0.00931. The van der Waals surface area contributed by atoms with Crippen molar-refractivity contribution in [1.29, 1.82) is 0 Å². The SMILES string of the molecule is Cc1cc(C)n(CCCn2cncc2-c2cc3c(cc2C)n(C)c(=O)n3C)n1. The van der Waals surface area contributed by atoms with E-state index in [1.807, 2.05) is 33.5 Å². The third-order valence-electron chi connectivity index (χ3n) is 5.48. The molecule has 3 heterocycles. The summed E-state index contributed by atoms with van der Waals surface area (Å²) in [6.07, 6.45) is 4.75. The maximum Gasteiger partial charge on any atom is 0.328 e. The number of hydrogen-bond acceptors (Lipinski definition) is 3. The molecule has 4 rings (SSSR count). The highest BCUT2D eigenvalue weighted by atomic mass is 16.1. The van der Waals surface area contributed by atoms with Crippen molar-refractivity contribution in [2.75, 3.05) is 0 Å². The smallest absolute Gasteiger partial charge is 0.328 e. The first-order valence-electron chi connectivity index (χ1n) is 9.54. The van der Waals surface area contributed by atoms with Gasteiger partial charge in [0.1, 0.15) is 0 Å². The monoisotopic (exact) mass is 378 g/mol. The van der Waals surface area contributed by atoms with Gasteiger partial charge < -0.3 is 4.57 Å². The normalized spacial score (nSPS) is 11.6. The van der Waals surface area contributed by atoms with Crippen LogP contribution in [0.2, 0.25) is 0 Å². The molecule has 0 spiro atoms. The minimum Gasteiger partial charge on any atom is -0.331 e. The van der Waals surface area contributed by atoms with Crippen molar-refractivity contribution >= 4 is 11.0 Å². The Morgan fingerprint density at radius 2 is 1.68 bits per heavy atom. The summed E-state index contributed by atoms with van der Waals surface area (Å²) in [5.41, 5.74) is 7.43. The van der Waals surface area contributed by atoms with Crippen LogP contribution in [0.1, 0.15) is 23.4 Å². The van der Waals surface area contributed by atoms with E-state index in [0.29, 0.717) is 0 Å². The molecule has 0 aliphatic heterocycles. The molecule has 0 radical (unpaired) electrons. The Bertz CT molecular complexity index is 1220. The van der Waals surface area contributed by atoms with Gasteiger partial charge >= 0.3 is 5.69 Å². The summed E-state index contributed by atoms with van der Waals surface area (Å²) in [6, 6.07) is 6.28. The van der Waals surface area contributed by atoms with Crippen molar-refractivity contribution in [3.63, 3.8) is 0 Å². The molecule has 7 nitrogen and oxygen atoms in total. The first kappa shape index (κ1) is 18.3. The molecule has 0 aliphatic carbocycles. The first-order valence-corrected chi connectivity index (χ1v) is 9.54. The lowest BCUT2D eigenvalue weighted by Crippen LogP contribution is -2.19. The highest BCUT2D eigenvalue weighted by Gasteiger charge is 2.14. The molecule has 0 N–H and O–H groups in total. The van der Waals surface area contributed by atoms with Crippen molar-refractivity contribution in [3.05, 3.63) is 58.2 Å². The molecule has 0 saturated carbocycles. The van der Waals surface area contributed by atoms with Gasteiger partial charge in [-0.05, 0) is 51.0 Å². The van der Waals surface area contributed by atoms with Crippen LogP contribution in [-0.2, 0) is 27.2 Å². The van der Waals surface area contributed by atoms with E-state index in [1.165, 1.54) is 5.69 Å². The molecule has 3 aromatic heterocycles. The zero-order valence-electron chi connectivity index (χ0n) is 17.1. The Kier molecular flexibility index (Phi) is 4.45. The summed E-state index contributed by atoms with van der Waals surface area (Å²) in [5.74, 6) is 0. The molecule has 146 valence electrons. The van der Waals surface area contributed by atoms with Crippen LogP contribution in [0, 0.1) is 20.8 Å². The van der Waals surface area contributed by atoms with Crippen molar-refractivity contribution in [3.8, 4) is 11.3 Å². The molecule has 0 fully saturated rings. The largest absolute Gasteiger partial charge is 0.331 e. The van der Waals surface area contributed by atoms with Crippen LogP contribution in [-0.4, -0.2) is 28.5 Å². The number of fused-ring (bicyclic) bond motifs is 1. The highest BCUT2D eigenvalue weighted by molar-refractivity contribution is 5.84. The van der Waals surface area contributed by atoms with Gasteiger partial charge in [-0.3, -0.25) is 13.8 Å². The Balaban J connectivity index is 1.63. The second-order valence-corrected chi connectivity index (χ2v) is 7.53. The van der Waals surface area contributed by atoms with E-state index in [-0.39, 0.29) is 5.69 Å². The Labute approximate surface area is 163 Å². The summed E-state index contributed by atoms with van der Waals surface area (Å²) in [5, 5.41) is 4.54. The molecule has 0 aliphatic rings. The predicted molar refractivity (Wildman–Crippen MR) is 110 cm³/mol. The lowest BCUT2D eigenvalue weighted by molar-refractivity contribution is 0.518. The molecular weight excluding hydrogens is 352 g/mol. The van der Waals surface area contributed by atoms with E-state index in [2.05, 4.69) is 51.4 Å². The van der Waals surface area contributed by atoms with Gasteiger partial charge in [-0.2, -0.15) is 5.10 Å². The standard InChI is InChI=1S/C21H26N6O/c1-14-9-18-19(25(5)21(28)24(18)4)11-17(14)20-12-22-13-26(20)7-6-8-27-16(3)10-15(2)23-27/h9-13H,6-8H2,1-5H3. The third-order valence-corrected chi connectivity index (χ3v) is 5.48. The number of aromatic nitrogens is 6. The molecule has 0 amide bonds. The fourth-order valence-corrected chi connectivity index (χ4v) is 3.94. The molecule has 1 aromatic carbocycles. The van der Waals surface area contributed by atoms with Crippen molar-refractivity contribution in [2.45, 2.75) is 40.3 Å². The fourth-order valence-electron chi connectivity index (χ4n) is 3.94. The molecule has 4 aromatic rings. The number of rotatable bonds is 5. The number of nitrogens with zero attached hydrogens (tertiary/aromatic N) is 6. The minimum atomic E-state index is -0.00931. The van der Waals surface area contributed by atoms with Crippen LogP contribution in [0.3, 0.4) is 0 Å². The van der Waals surface area contributed by atoms with Gasteiger partial charge in [0.25, 0.3) is 0 Å². The van der Waals surface area contributed by atoms with Gasteiger partial charge in [-0.25, -0.2) is 9.78 Å². The molecule has 28 heavy (non-hydrogen) atoms. The molecule has 7 heteroatoms. The lowest BCUT2D eigenvalue weighted by Gasteiger charge is -2.12. The highest BCUT2D eigenvalue weighted by Crippen LogP contribution is 2.28. The summed E-state index contributed by atoms with van der Waals surface area (Å²) in [7, 11) is 3.63. The van der Waals surface area contributed by atoms with E-state index < -0.39 is 0 Å². The first-order chi connectivity index (χ1) is 13.4. The molecule has 0 saturated heterocycles. The zero-order valence-corrected chi connectivity index (χ0v) is 17.1. The molecule has 0 unspecified atom stereocenters. The van der Waals surface area contributed by atoms with Crippen LogP contribution in [0.5, 0.6) is 0 Å². The van der Waals surface area contributed by atoms with Crippen molar-refractivity contribution in [2.24, 2.45) is 14.1 Å². The van der Waals surface area contributed by atoms with Gasteiger partial charge in [0.15, 0.2) is 0 Å². The average molecular weight is 378 g/mol. The summed E-state index contributed by atoms with van der Waals surface area (Å²) in [4.78, 5) is 16.6. The van der Waals surface area contributed by atoms with Crippen molar-refractivity contribution in [1.82, 2.24) is 28.5 Å². The van der Waals surface area contributed by atoms with Gasteiger partial charge in [-0.15, -0.1) is 0 Å². The maximum atomic E-state index is 12.3. The van der Waals surface area contributed by atoms with E-state index >= 15 is 0 Å². The number of benzene rings is 1. The van der Waals surface area contributed by atoms with Gasteiger partial charge in [0.05, 0.1) is 34.9 Å². The van der Waals surface area contributed by atoms with Gasteiger partial charge in [0.2, 0.25) is 0 Å². The lowest BCUT2D eigenvalue weighted by atomic mass is 10.0. The number of hydrogen-bond donors (Lipinski definition) is 0. The van der Waals surface area contributed by atoms with Crippen LogP contribution in [0.4, 0.5) is 0 Å². The predicted octanol–water partition coefficient (Wildman–Crippen LogP) is 2.95. The Morgan fingerprint density at radius 3 is 2.36 bits per heavy atom. The third kappa shape index (κ3) is 2.96. The topological polar surface area (TPSA) is 62.6 Å². The van der Waals surface area contributed by atoms with Gasteiger partial charge in [0, 0.05) is 38.4 Å². The maximum absolute atomic E-state index is 12.3. The Morgan fingerprint density at radius 1 is 0.964 bits per heavy atom. The quantitative estimate of drug-likeness (QED) is 0.536. The Hall–Kier alpha value is -3.09. The van der Waals surface area contributed by atoms with Crippen LogP contribution >= 0.6 is 0 Å². The van der Waals surface area contributed by atoms with Gasteiger partial charge in [-0.1, -0.05) is 0 Å².